The van der Waals surface area contributed by atoms with Gasteiger partial charge in [0.05, 0.1) is 12.7 Å². The third kappa shape index (κ3) is 3.52. The zero-order valence-corrected chi connectivity index (χ0v) is 9.06. The van der Waals surface area contributed by atoms with Gasteiger partial charge in [0.2, 0.25) is 0 Å². The van der Waals surface area contributed by atoms with E-state index in [1.54, 1.807) is 0 Å². The molecule has 1 aliphatic carbocycles. The van der Waals surface area contributed by atoms with Gasteiger partial charge in [0.25, 0.3) is 0 Å². The number of ether oxygens (including phenoxy) is 1. The van der Waals surface area contributed by atoms with Gasteiger partial charge in [-0.3, -0.25) is 0 Å². The quantitative estimate of drug-likeness (QED) is 0.679. The van der Waals surface area contributed by atoms with Gasteiger partial charge in [0.15, 0.2) is 0 Å². The molecule has 1 atom stereocenters. The third-order valence-corrected chi connectivity index (χ3v) is 2.77. The van der Waals surface area contributed by atoms with Gasteiger partial charge in [-0.1, -0.05) is 48.9 Å². The fourth-order valence-electron chi connectivity index (χ4n) is 1.87. The summed E-state index contributed by atoms with van der Waals surface area (Å²) in [6.07, 6.45) is 9.77. The van der Waals surface area contributed by atoms with Crippen LogP contribution in [0.15, 0.2) is 42.5 Å². The van der Waals surface area contributed by atoms with E-state index in [1.807, 2.05) is 6.07 Å². The van der Waals surface area contributed by atoms with Crippen LogP contribution in [-0.2, 0) is 11.3 Å². The molecule has 0 saturated carbocycles. The van der Waals surface area contributed by atoms with Crippen LogP contribution in [0.25, 0.3) is 0 Å². The summed E-state index contributed by atoms with van der Waals surface area (Å²) >= 11 is 0. The lowest BCUT2D eigenvalue weighted by Gasteiger charge is -2.12. The zero-order chi connectivity index (χ0) is 10.3. The second-order valence-corrected chi connectivity index (χ2v) is 4.05. The van der Waals surface area contributed by atoms with Crippen molar-refractivity contribution >= 4 is 0 Å². The van der Waals surface area contributed by atoms with Crippen LogP contribution in [0.1, 0.15) is 31.2 Å². The number of rotatable bonds is 3. The van der Waals surface area contributed by atoms with E-state index in [1.165, 1.54) is 31.2 Å². The van der Waals surface area contributed by atoms with Crippen molar-refractivity contribution in [3.8, 4) is 0 Å². The van der Waals surface area contributed by atoms with E-state index in [0.29, 0.717) is 6.10 Å². The van der Waals surface area contributed by atoms with Crippen molar-refractivity contribution in [2.24, 2.45) is 0 Å². The van der Waals surface area contributed by atoms with Crippen LogP contribution in [0.2, 0.25) is 0 Å². The first-order valence-electron chi connectivity index (χ1n) is 5.77. The van der Waals surface area contributed by atoms with Crippen molar-refractivity contribution in [3.05, 3.63) is 48.0 Å². The molecule has 1 aliphatic rings. The molecular formula is C14H18O. The van der Waals surface area contributed by atoms with E-state index >= 15 is 0 Å². The molecule has 0 aromatic heterocycles. The van der Waals surface area contributed by atoms with Gasteiger partial charge in [-0.05, 0) is 24.8 Å². The Balaban J connectivity index is 1.82. The standard InChI is InChI=1S/C14H18O/c1-2-7-11-14(10-6-1)15-12-13-8-4-3-5-9-13/h3-6,8-10,14H,1-2,7,11-12H2. The van der Waals surface area contributed by atoms with Crippen molar-refractivity contribution < 1.29 is 4.74 Å². The van der Waals surface area contributed by atoms with Crippen molar-refractivity contribution in [2.75, 3.05) is 0 Å². The van der Waals surface area contributed by atoms with E-state index in [0.717, 1.165) is 6.61 Å². The molecule has 0 aliphatic heterocycles. The Morgan fingerprint density at radius 3 is 2.87 bits per heavy atom. The highest BCUT2D eigenvalue weighted by atomic mass is 16.5. The number of hydrogen-bond acceptors (Lipinski definition) is 1. The second kappa shape index (κ2) is 5.72. The van der Waals surface area contributed by atoms with E-state index in [2.05, 4.69) is 36.4 Å². The molecule has 1 nitrogen and oxygen atoms in total. The molecule has 1 unspecified atom stereocenters. The minimum Gasteiger partial charge on any atom is -0.369 e. The van der Waals surface area contributed by atoms with Gasteiger partial charge in [-0.2, -0.15) is 0 Å². The lowest BCUT2D eigenvalue weighted by atomic mass is 10.2. The molecule has 2 rings (SSSR count). The van der Waals surface area contributed by atoms with Crippen LogP contribution in [-0.4, -0.2) is 6.10 Å². The predicted octanol–water partition coefficient (Wildman–Crippen LogP) is 3.70. The number of benzene rings is 1. The minimum atomic E-state index is 0.327. The van der Waals surface area contributed by atoms with Gasteiger partial charge in [0.1, 0.15) is 0 Å². The smallest absolute Gasteiger partial charge is 0.0760 e. The molecule has 0 fully saturated rings. The van der Waals surface area contributed by atoms with Gasteiger partial charge in [-0.25, -0.2) is 0 Å². The van der Waals surface area contributed by atoms with Crippen LogP contribution in [0.3, 0.4) is 0 Å². The average molecular weight is 202 g/mol. The van der Waals surface area contributed by atoms with Crippen LogP contribution in [0, 0.1) is 0 Å². The maximum Gasteiger partial charge on any atom is 0.0760 e. The Morgan fingerprint density at radius 2 is 2.00 bits per heavy atom. The largest absolute Gasteiger partial charge is 0.369 e. The van der Waals surface area contributed by atoms with E-state index in [4.69, 9.17) is 4.74 Å². The monoisotopic (exact) mass is 202 g/mol. The number of allylic oxidation sites excluding steroid dienone is 1. The third-order valence-electron chi connectivity index (χ3n) is 2.77. The summed E-state index contributed by atoms with van der Waals surface area (Å²) in [5.41, 5.74) is 1.26. The molecule has 0 radical (unpaired) electrons. The lowest BCUT2D eigenvalue weighted by Crippen LogP contribution is -2.08. The summed E-state index contributed by atoms with van der Waals surface area (Å²) in [6, 6.07) is 10.4. The minimum absolute atomic E-state index is 0.327. The molecule has 1 heteroatoms. The maximum atomic E-state index is 5.86. The Hall–Kier alpha value is -1.08. The van der Waals surface area contributed by atoms with Crippen molar-refractivity contribution in [3.63, 3.8) is 0 Å². The summed E-state index contributed by atoms with van der Waals surface area (Å²) in [5, 5.41) is 0. The topological polar surface area (TPSA) is 9.23 Å². The van der Waals surface area contributed by atoms with Crippen LogP contribution in [0.5, 0.6) is 0 Å². The Morgan fingerprint density at radius 1 is 1.13 bits per heavy atom. The molecule has 1 aromatic rings. The molecule has 0 spiro atoms. The molecular weight excluding hydrogens is 184 g/mol. The normalized spacial score (nSPS) is 21.2. The first-order valence-corrected chi connectivity index (χ1v) is 5.77. The number of hydrogen-bond donors (Lipinski definition) is 0. The first-order chi connectivity index (χ1) is 7.45. The Kier molecular flexibility index (Phi) is 3.98. The van der Waals surface area contributed by atoms with E-state index in [-0.39, 0.29) is 0 Å². The van der Waals surface area contributed by atoms with Gasteiger partial charge in [0, 0.05) is 0 Å². The fourth-order valence-corrected chi connectivity index (χ4v) is 1.87. The second-order valence-electron chi connectivity index (χ2n) is 4.05. The summed E-state index contributed by atoms with van der Waals surface area (Å²) in [4.78, 5) is 0. The maximum absolute atomic E-state index is 5.86. The molecule has 1 aromatic carbocycles. The van der Waals surface area contributed by atoms with Crippen LogP contribution in [0.4, 0.5) is 0 Å². The first kappa shape index (κ1) is 10.4. The van der Waals surface area contributed by atoms with Gasteiger partial charge < -0.3 is 4.74 Å². The molecule has 0 heterocycles. The van der Waals surface area contributed by atoms with Crippen LogP contribution < -0.4 is 0 Å². The SMILES string of the molecule is C1=CC(OCc2ccccc2)CCCC1. The molecule has 0 bridgehead atoms. The van der Waals surface area contributed by atoms with Crippen LogP contribution >= 0.6 is 0 Å². The molecule has 0 N–H and O–H groups in total. The highest BCUT2D eigenvalue weighted by Gasteiger charge is 2.07. The Bertz CT molecular complexity index is 302. The average Bonchev–Trinajstić information content (AvgIpc) is 2.56. The van der Waals surface area contributed by atoms with E-state index < -0.39 is 0 Å². The van der Waals surface area contributed by atoms with E-state index in [9.17, 15) is 0 Å². The van der Waals surface area contributed by atoms with Crippen molar-refractivity contribution in [1.29, 1.82) is 0 Å². The fraction of sp³-hybridized carbons (Fsp3) is 0.429. The lowest BCUT2D eigenvalue weighted by molar-refractivity contribution is 0.0661. The summed E-state index contributed by atoms with van der Waals surface area (Å²) in [6.45, 7) is 0.732. The molecule has 0 amide bonds. The molecule has 0 saturated heterocycles. The van der Waals surface area contributed by atoms with Gasteiger partial charge in [-0.15, -0.1) is 0 Å². The van der Waals surface area contributed by atoms with Crippen molar-refractivity contribution in [1.82, 2.24) is 0 Å². The highest BCUT2D eigenvalue weighted by Crippen LogP contribution is 2.15. The summed E-state index contributed by atoms with van der Waals surface area (Å²) in [7, 11) is 0. The zero-order valence-electron chi connectivity index (χ0n) is 9.06. The molecule has 80 valence electrons. The summed E-state index contributed by atoms with van der Waals surface area (Å²) in [5.74, 6) is 0. The highest BCUT2D eigenvalue weighted by molar-refractivity contribution is 5.13. The van der Waals surface area contributed by atoms with Gasteiger partial charge >= 0.3 is 0 Å². The molecule has 15 heavy (non-hydrogen) atoms. The Labute approximate surface area is 91.8 Å². The predicted molar refractivity (Wildman–Crippen MR) is 62.6 cm³/mol. The van der Waals surface area contributed by atoms with Crippen molar-refractivity contribution in [2.45, 2.75) is 38.4 Å². The summed E-state index contributed by atoms with van der Waals surface area (Å²) < 4.78 is 5.86.